The predicted octanol–water partition coefficient (Wildman–Crippen LogP) is 1.32. The highest BCUT2D eigenvalue weighted by molar-refractivity contribution is 6.05. The molecule has 0 aliphatic rings. The van der Waals surface area contributed by atoms with Crippen LogP contribution in [0, 0.1) is 0 Å². The van der Waals surface area contributed by atoms with Gasteiger partial charge in [0.2, 0.25) is 0 Å². The number of rotatable bonds is 7. The van der Waals surface area contributed by atoms with Crippen LogP contribution in [0.25, 0.3) is 10.8 Å². The number of amides is 1. The molecule has 27 heavy (non-hydrogen) atoms. The number of aromatic nitrogens is 2. The van der Waals surface area contributed by atoms with Gasteiger partial charge in [0.25, 0.3) is 11.5 Å². The molecule has 8 nitrogen and oxygen atoms in total. The van der Waals surface area contributed by atoms with Crippen molar-refractivity contribution in [3.05, 3.63) is 76.2 Å². The SMILES string of the molecule is O=C(NC(COCc1ccccc1)C(=O)O)c1n[nH]c(=O)c2ccccc12. The Kier molecular flexibility index (Phi) is 5.58. The average molecular weight is 367 g/mol. The van der Waals surface area contributed by atoms with E-state index in [2.05, 4.69) is 15.5 Å². The predicted molar refractivity (Wildman–Crippen MR) is 97.4 cm³/mol. The normalized spacial score (nSPS) is 11.9. The molecule has 0 aliphatic carbocycles. The summed E-state index contributed by atoms with van der Waals surface area (Å²) in [7, 11) is 0. The van der Waals surface area contributed by atoms with Crippen molar-refractivity contribution < 1.29 is 19.4 Å². The lowest BCUT2D eigenvalue weighted by Gasteiger charge is -2.15. The fourth-order valence-corrected chi connectivity index (χ4v) is 2.56. The summed E-state index contributed by atoms with van der Waals surface area (Å²) in [6.45, 7) is 0.0115. The van der Waals surface area contributed by atoms with Crippen LogP contribution in [0.2, 0.25) is 0 Å². The molecule has 0 saturated heterocycles. The zero-order valence-electron chi connectivity index (χ0n) is 14.2. The topological polar surface area (TPSA) is 121 Å². The van der Waals surface area contributed by atoms with Gasteiger partial charge in [-0.3, -0.25) is 9.59 Å². The van der Waals surface area contributed by atoms with Crippen LogP contribution in [-0.2, 0) is 16.1 Å². The second kappa shape index (κ2) is 8.24. The third-order valence-corrected chi connectivity index (χ3v) is 3.91. The Bertz CT molecular complexity index is 1020. The number of aliphatic carboxylic acids is 1. The number of carbonyl (C=O) groups excluding carboxylic acids is 1. The first-order valence-corrected chi connectivity index (χ1v) is 8.19. The van der Waals surface area contributed by atoms with Crippen LogP contribution >= 0.6 is 0 Å². The quantitative estimate of drug-likeness (QED) is 0.579. The number of fused-ring (bicyclic) bond motifs is 1. The molecule has 0 fully saturated rings. The molecular weight excluding hydrogens is 350 g/mol. The van der Waals surface area contributed by atoms with Crippen LogP contribution < -0.4 is 10.9 Å². The zero-order chi connectivity index (χ0) is 19.2. The molecule has 3 aromatic rings. The third-order valence-electron chi connectivity index (χ3n) is 3.91. The second-order valence-electron chi connectivity index (χ2n) is 5.81. The molecule has 0 spiro atoms. The lowest BCUT2D eigenvalue weighted by molar-refractivity contribution is -0.141. The van der Waals surface area contributed by atoms with E-state index in [1.54, 1.807) is 24.3 Å². The number of aromatic amines is 1. The Balaban J connectivity index is 1.71. The fraction of sp³-hybridized carbons (Fsp3) is 0.158. The van der Waals surface area contributed by atoms with E-state index in [9.17, 15) is 19.5 Å². The maximum atomic E-state index is 12.5. The van der Waals surface area contributed by atoms with E-state index in [-0.39, 0.29) is 18.9 Å². The first-order chi connectivity index (χ1) is 13.1. The number of nitrogens with zero attached hydrogens (tertiary/aromatic N) is 1. The molecule has 2 aromatic carbocycles. The summed E-state index contributed by atoms with van der Waals surface area (Å²) in [6.07, 6.45) is 0. The van der Waals surface area contributed by atoms with Gasteiger partial charge in [0.15, 0.2) is 11.7 Å². The highest BCUT2D eigenvalue weighted by atomic mass is 16.5. The molecule has 3 rings (SSSR count). The van der Waals surface area contributed by atoms with Crippen molar-refractivity contribution in [1.82, 2.24) is 15.5 Å². The van der Waals surface area contributed by atoms with Crippen molar-refractivity contribution in [2.45, 2.75) is 12.6 Å². The van der Waals surface area contributed by atoms with Gasteiger partial charge in [-0.2, -0.15) is 5.10 Å². The number of hydrogen-bond donors (Lipinski definition) is 3. The van der Waals surface area contributed by atoms with Crippen LogP contribution in [0.4, 0.5) is 0 Å². The van der Waals surface area contributed by atoms with E-state index >= 15 is 0 Å². The Morgan fingerprint density at radius 2 is 1.74 bits per heavy atom. The van der Waals surface area contributed by atoms with E-state index in [0.717, 1.165) is 5.56 Å². The maximum absolute atomic E-state index is 12.5. The van der Waals surface area contributed by atoms with Crippen molar-refractivity contribution >= 4 is 22.6 Å². The van der Waals surface area contributed by atoms with Gasteiger partial charge in [-0.1, -0.05) is 48.5 Å². The minimum absolute atomic E-state index is 0.0560. The third kappa shape index (κ3) is 4.36. The van der Waals surface area contributed by atoms with Crippen LogP contribution in [0.15, 0.2) is 59.4 Å². The number of nitrogens with one attached hydrogen (secondary N) is 2. The Labute approximate surface area is 153 Å². The highest BCUT2D eigenvalue weighted by Crippen LogP contribution is 2.12. The molecule has 0 radical (unpaired) electrons. The van der Waals surface area contributed by atoms with Gasteiger partial charge in [-0.05, 0) is 11.6 Å². The molecule has 1 amide bonds. The van der Waals surface area contributed by atoms with Gasteiger partial charge in [0, 0.05) is 5.39 Å². The zero-order valence-corrected chi connectivity index (χ0v) is 14.2. The largest absolute Gasteiger partial charge is 0.480 e. The van der Waals surface area contributed by atoms with Gasteiger partial charge < -0.3 is 15.2 Å². The summed E-state index contributed by atoms with van der Waals surface area (Å²) in [4.78, 5) is 35.8. The number of H-pyrrole nitrogens is 1. The minimum atomic E-state index is -1.26. The van der Waals surface area contributed by atoms with Gasteiger partial charge in [-0.15, -0.1) is 0 Å². The van der Waals surface area contributed by atoms with Crippen molar-refractivity contribution in [2.24, 2.45) is 0 Å². The number of hydrogen-bond acceptors (Lipinski definition) is 5. The molecule has 1 unspecified atom stereocenters. The lowest BCUT2D eigenvalue weighted by atomic mass is 10.1. The van der Waals surface area contributed by atoms with Gasteiger partial charge in [0.05, 0.1) is 18.6 Å². The van der Waals surface area contributed by atoms with E-state index < -0.39 is 23.5 Å². The molecule has 0 aliphatic heterocycles. The molecule has 138 valence electrons. The number of carboxylic acid groups (broad SMARTS) is 1. The molecule has 1 aromatic heterocycles. The Morgan fingerprint density at radius 3 is 2.44 bits per heavy atom. The first-order valence-electron chi connectivity index (χ1n) is 8.19. The summed E-state index contributed by atoms with van der Waals surface area (Å²) in [5.41, 5.74) is 0.406. The van der Waals surface area contributed by atoms with E-state index in [4.69, 9.17) is 4.74 Å². The smallest absolute Gasteiger partial charge is 0.328 e. The maximum Gasteiger partial charge on any atom is 0.328 e. The summed E-state index contributed by atoms with van der Waals surface area (Å²) in [5.74, 6) is -1.94. The number of carbonyl (C=O) groups is 2. The average Bonchev–Trinajstić information content (AvgIpc) is 2.68. The summed E-state index contributed by atoms with van der Waals surface area (Å²) < 4.78 is 5.41. The van der Waals surface area contributed by atoms with Crippen LogP contribution in [0.1, 0.15) is 16.1 Å². The van der Waals surface area contributed by atoms with Crippen molar-refractivity contribution in [2.75, 3.05) is 6.61 Å². The van der Waals surface area contributed by atoms with Crippen molar-refractivity contribution in [3.8, 4) is 0 Å². The summed E-state index contributed by atoms with van der Waals surface area (Å²) in [5, 5.41) is 18.4. The Morgan fingerprint density at radius 1 is 1.07 bits per heavy atom. The molecular formula is C19H17N3O5. The van der Waals surface area contributed by atoms with Gasteiger partial charge in [-0.25, -0.2) is 9.89 Å². The van der Waals surface area contributed by atoms with E-state index in [0.29, 0.717) is 10.8 Å². The number of carboxylic acids is 1. The molecule has 0 bridgehead atoms. The molecule has 1 heterocycles. The van der Waals surface area contributed by atoms with Crippen LogP contribution in [0.3, 0.4) is 0 Å². The summed E-state index contributed by atoms with van der Waals surface area (Å²) >= 11 is 0. The van der Waals surface area contributed by atoms with Crippen molar-refractivity contribution in [3.63, 3.8) is 0 Å². The minimum Gasteiger partial charge on any atom is -0.480 e. The van der Waals surface area contributed by atoms with Crippen molar-refractivity contribution in [1.29, 1.82) is 0 Å². The first kappa shape index (κ1) is 18.3. The van der Waals surface area contributed by atoms with Crippen LogP contribution in [-0.4, -0.2) is 39.8 Å². The molecule has 1 atom stereocenters. The number of benzene rings is 2. The standard InChI is InChI=1S/C19H17N3O5/c23-17-14-9-5-4-8-13(14)16(21-22-17)18(24)20-15(19(25)26)11-27-10-12-6-2-1-3-7-12/h1-9,15H,10-11H2,(H,20,24)(H,22,23)(H,25,26). The highest BCUT2D eigenvalue weighted by Gasteiger charge is 2.23. The van der Waals surface area contributed by atoms with Gasteiger partial charge >= 0.3 is 5.97 Å². The Hall–Kier alpha value is -3.52. The molecule has 3 N–H and O–H groups in total. The van der Waals surface area contributed by atoms with E-state index in [1.807, 2.05) is 30.3 Å². The van der Waals surface area contributed by atoms with E-state index in [1.165, 1.54) is 0 Å². The summed E-state index contributed by atoms with van der Waals surface area (Å²) in [6, 6.07) is 14.5. The number of ether oxygens (including phenoxy) is 1. The fourth-order valence-electron chi connectivity index (χ4n) is 2.56. The molecule has 0 saturated carbocycles. The van der Waals surface area contributed by atoms with Crippen LogP contribution in [0.5, 0.6) is 0 Å². The van der Waals surface area contributed by atoms with Gasteiger partial charge in [0.1, 0.15) is 0 Å². The monoisotopic (exact) mass is 367 g/mol. The molecule has 8 heteroatoms. The second-order valence-corrected chi connectivity index (χ2v) is 5.81. The lowest BCUT2D eigenvalue weighted by Crippen LogP contribution is -2.44.